The van der Waals surface area contributed by atoms with Crippen molar-refractivity contribution in [3.05, 3.63) is 35.8 Å². The third kappa shape index (κ3) is 1.80. The maximum Gasteiger partial charge on any atom is 0.355 e. The van der Waals surface area contributed by atoms with Crippen LogP contribution in [0.3, 0.4) is 0 Å². The molecule has 17 heavy (non-hydrogen) atoms. The molecule has 2 rings (SSSR count). The summed E-state index contributed by atoms with van der Waals surface area (Å²) in [5.74, 6) is -1.38. The molecule has 4 nitrogen and oxygen atoms in total. The fraction of sp³-hybridized carbons (Fsp3) is 0.167. The predicted molar refractivity (Wildman–Crippen MR) is 59.5 cm³/mol. The van der Waals surface area contributed by atoms with Crippen molar-refractivity contribution >= 4 is 22.8 Å². The fourth-order valence-corrected chi connectivity index (χ4v) is 1.78. The molecule has 0 aliphatic heterocycles. The summed E-state index contributed by atoms with van der Waals surface area (Å²) in [4.78, 5) is 23.0. The van der Waals surface area contributed by atoms with Crippen LogP contribution in [0.15, 0.2) is 24.3 Å². The molecular weight excluding hydrogens is 225 g/mol. The average molecular weight is 235 g/mol. The van der Waals surface area contributed by atoms with E-state index >= 15 is 0 Å². The zero-order valence-electron chi connectivity index (χ0n) is 9.36. The molecule has 0 saturated heterocycles. The van der Waals surface area contributed by atoms with Crippen molar-refractivity contribution in [1.82, 2.24) is 4.57 Å². The average Bonchev–Trinajstić information content (AvgIpc) is 2.66. The van der Waals surface area contributed by atoms with Gasteiger partial charge in [0.25, 0.3) is 0 Å². The summed E-state index contributed by atoms with van der Waals surface area (Å²) in [6.45, 7) is 1.33. The zero-order chi connectivity index (χ0) is 12.6. The number of methoxy groups -OCH3 is 1. The van der Waals surface area contributed by atoms with Crippen molar-refractivity contribution in [2.24, 2.45) is 0 Å². The Bertz CT molecular complexity index is 615. The summed E-state index contributed by atoms with van der Waals surface area (Å²) >= 11 is 0. The second-order valence-electron chi connectivity index (χ2n) is 3.58. The van der Waals surface area contributed by atoms with E-state index in [0.717, 1.165) is 0 Å². The molecule has 2 aromatic rings. The van der Waals surface area contributed by atoms with Gasteiger partial charge in [-0.3, -0.25) is 9.36 Å². The van der Waals surface area contributed by atoms with Crippen LogP contribution in [0.1, 0.15) is 22.2 Å². The van der Waals surface area contributed by atoms with Crippen molar-refractivity contribution in [3.63, 3.8) is 0 Å². The van der Waals surface area contributed by atoms with Crippen molar-refractivity contribution in [2.75, 3.05) is 7.11 Å². The summed E-state index contributed by atoms with van der Waals surface area (Å²) in [6.07, 6.45) is 0. The number of nitrogens with zero attached hydrogens (tertiary/aromatic N) is 1. The van der Waals surface area contributed by atoms with Gasteiger partial charge in [-0.2, -0.15) is 0 Å². The second-order valence-corrected chi connectivity index (χ2v) is 3.58. The number of fused-ring (bicyclic) bond motifs is 1. The Morgan fingerprint density at radius 3 is 2.59 bits per heavy atom. The first-order valence-corrected chi connectivity index (χ1v) is 4.95. The van der Waals surface area contributed by atoms with Gasteiger partial charge in [-0.05, 0) is 24.3 Å². The highest BCUT2D eigenvalue weighted by atomic mass is 19.1. The third-order valence-corrected chi connectivity index (χ3v) is 2.47. The largest absolute Gasteiger partial charge is 0.464 e. The number of carbonyl (C=O) groups excluding carboxylic acids is 2. The highest BCUT2D eigenvalue weighted by molar-refractivity contribution is 6.02. The lowest BCUT2D eigenvalue weighted by Gasteiger charge is -2.04. The highest BCUT2D eigenvalue weighted by Crippen LogP contribution is 2.21. The van der Waals surface area contributed by atoms with Gasteiger partial charge in [0.2, 0.25) is 5.91 Å². The SMILES string of the molecule is COC(=O)c1cc2cc(F)ccc2n1C(C)=O. The molecule has 0 saturated carbocycles. The number of ether oxygens (including phenoxy) is 1. The van der Waals surface area contributed by atoms with E-state index in [2.05, 4.69) is 4.74 Å². The van der Waals surface area contributed by atoms with Crippen LogP contribution in [0.2, 0.25) is 0 Å². The Morgan fingerprint density at radius 2 is 2.00 bits per heavy atom. The van der Waals surface area contributed by atoms with Crippen molar-refractivity contribution in [3.8, 4) is 0 Å². The first-order valence-electron chi connectivity index (χ1n) is 4.95. The van der Waals surface area contributed by atoms with Crippen LogP contribution >= 0.6 is 0 Å². The van der Waals surface area contributed by atoms with E-state index in [0.29, 0.717) is 10.9 Å². The standard InChI is InChI=1S/C12H10FNO3/c1-7(15)14-10-4-3-9(13)5-8(10)6-11(14)12(16)17-2/h3-6H,1-2H3. The molecule has 1 aromatic carbocycles. The van der Waals surface area contributed by atoms with Gasteiger partial charge in [0.1, 0.15) is 11.5 Å². The second kappa shape index (κ2) is 4.01. The molecule has 0 amide bonds. The molecule has 88 valence electrons. The molecule has 0 radical (unpaired) electrons. The summed E-state index contributed by atoms with van der Waals surface area (Å²) in [7, 11) is 1.23. The monoisotopic (exact) mass is 235 g/mol. The molecule has 0 spiro atoms. The summed E-state index contributed by atoms with van der Waals surface area (Å²) < 4.78 is 18.8. The fourth-order valence-electron chi connectivity index (χ4n) is 1.78. The van der Waals surface area contributed by atoms with Crippen LogP contribution in [0.25, 0.3) is 10.9 Å². The number of carbonyl (C=O) groups is 2. The first kappa shape index (κ1) is 11.3. The lowest BCUT2D eigenvalue weighted by atomic mass is 10.2. The predicted octanol–water partition coefficient (Wildman–Crippen LogP) is 2.23. The molecule has 1 heterocycles. The number of benzene rings is 1. The van der Waals surface area contributed by atoms with Crippen molar-refractivity contribution < 1.29 is 18.7 Å². The van der Waals surface area contributed by atoms with Crippen molar-refractivity contribution in [2.45, 2.75) is 6.92 Å². The normalized spacial score (nSPS) is 10.5. The van der Waals surface area contributed by atoms with E-state index in [1.165, 1.54) is 42.9 Å². The van der Waals surface area contributed by atoms with E-state index in [4.69, 9.17) is 0 Å². The van der Waals surface area contributed by atoms with Gasteiger partial charge < -0.3 is 4.74 Å². The molecule has 0 aliphatic rings. The molecular formula is C12H10FNO3. The lowest BCUT2D eigenvalue weighted by Crippen LogP contribution is -2.14. The van der Waals surface area contributed by atoms with Gasteiger partial charge in [-0.1, -0.05) is 0 Å². The van der Waals surface area contributed by atoms with Crippen LogP contribution in [0.4, 0.5) is 4.39 Å². The summed E-state index contributed by atoms with van der Waals surface area (Å²) in [6, 6.07) is 5.40. The minimum atomic E-state index is -0.628. The quantitative estimate of drug-likeness (QED) is 0.712. The van der Waals surface area contributed by atoms with E-state index < -0.39 is 11.8 Å². The first-order chi connectivity index (χ1) is 8.04. The van der Waals surface area contributed by atoms with E-state index in [1.807, 2.05) is 0 Å². The van der Waals surface area contributed by atoms with Gasteiger partial charge in [-0.25, -0.2) is 9.18 Å². The smallest absolute Gasteiger partial charge is 0.355 e. The van der Waals surface area contributed by atoms with Gasteiger partial charge in [0.15, 0.2) is 0 Å². The van der Waals surface area contributed by atoms with E-state index in [-0.39, 0.29) is 11.6 Å². The molecule has 1 aromatic heterocycles. The van der Waals surface area contributed by atoms with Crippen LogP contribution in [-0.4, -0.2) is 23.6 Å². The maximum atomic E-state index is 13.1. The molecule has 0 atom stereocenters. The van der Waals surface area contributed by atoms with Gasteiger partial charge in [0, 0.05) is 12.3 Å². The zero-order valence-corrected chi connectivity index (χ0v) is 9.36. The third-order valence-electron chi connectivity index (χ3n) is 2.47. The van der Waals surface area contributed by atoms with Crippen LogP contribution in [-0.2, 0) is 4.74 Å². The number of hydrogen-bond acceptors (Lipinski definition) is 3. The molecule has 0 unspecified atom stereocenters. The number of halogens is 1. The minimum Gasteiger partial charge on any atom is -0.464 e. The Labute approximate surface area is 96.6 Å². The Morgan fingerprint density at radius 1 is 1.29 bits per heavy atom. The molecule has 0 aliphatic carbocycles. The summed E-state index contributed by atoms with van der Waals surface area (Å²) in [5.41, 5.74) is 0.583. The summed E-state index contributed by atoms with van der Waals surface area (Å²) in [5, 5.41) is 0.487. The minimum absolute atomic E-state index is 0.0978. The Balaban J connectivity index is 2.79. The number of aromatic nitrogens is 1. The van der Waals surface area contributed by atoms with Crippen LogP contribution in [0, 0.1) is 5.82 Å². The maximum absolute atomic E-state index is 13.1. The topological polar surface area (TPSA) is 48.3 Å². The molecule has 0 bridgehead atoms. The van der Waals surface area contributed by atoms with Crippen LogP contribution < -0.4 is 0 Å². The number of rotatable bonds is 1. The molecule has 0 fully saturated rings. The number of esters is 1. The lowest BCUT2D eigenvalue weighted by molar-refractivity contribution is 0.0583. The highest BCUT2D eigenvalue weighted by Gasteiger charge is 2.18. The van der Waals surface area contributed by atoms with Gasteiger partial charge in [-0.15, -0.1) is 0 Å². The van der Waals surface area contributed by atoms with Crippen molar-refractivity contribution in [1.29, 1.82) is 0 Å². The Hall–Kier alpha value is -2.17. The van der Waals surface area contributed by atoms with Gasteiger partial charge in [0.05, 0.1) is 12.6 Å². The van der Waals surface area contributed by atoms with E-state index in [9.17, 15) is 14.0 Å². The molecule has 0 N–H and O–H groups in total. The Kier molecular flexibility index (Phi) is 2.67. The van der Waals surface area contributed by atoms with Gasteiger partial charge >= 0.3 is 5.97 Å². The number of hydrogen-bond donors (Lipinski definition) is 0. The molecule has 5 heteroatoms. The van der Waals surface area contributed by atoms with E-state index in [1.54, 1.807) is 0 Å². The van der Waals surface area contributed by atoms with Crippen LogP contribution in [0.5, 0.6) is 0 Å².